The molecule has 2 heterocycles. The van der Waals surface area contributed by atoms with Crippen LogP contribution >= 0.6 is 11.6 Å². The van der Waals surface area contributed by atoms with Crippen molar-refractivity contribution in [2.75, 3.05) is 10.6 Å². The number of Topliss-reactive ketones (excluding diaryl/α,β-unsaturated/α-hetero) is 1. The van der Waals surface area contributed by atoms with Crippen LogP contribution in [-0.4, -0.2) is 51.3 Å². The van der Waals surface area contributed by atoms with Gasteiger partial charge in [0.25, 0.3) is 11.8 Å². The zero-order valence-electron chi connectivity index (χ0n) is 30.1. The highest BCUT2D eigenvalue weighted by atomic mass is 35.5. The van der Waals surface area contributed by atoms with E-state index in [-0.39, 0.29) is 27.9 Å². The van der Waals surface area contributed by atoms with Crippen LogP contribution in [0.2, 0.25) is 5.02 Å². The number of benzene rings is 2. The molecule has 1 unspecified atom stereocenters. The summed E-state index contributed by atoms with van der Waals surface area (Å²) in [6.07, 6.45) is 17.8. The van der Waals surface area contributed by atoms with E-state index in [0.717, 1.165) is 19.3 Å². The SMILES string of the molecule is CCCCCCCCCCCCCCCCCC(=O)Nc1ccc(Cl)c(NC(=O)C(C(=O)c2noc3ccccc23)N2C(=O)OC(C)(C)C2=O)c1. The number of ether oxygens (including phenoxy) is 1. The second kappa shape index (κ2) is 19.4. The lowest BCUT2D eigenvalue weighted by Gasteiger charge is -2.22. The van der Waals surface area contributed by atoms with Gasteiger partial charge in [0.15, 0.2) is 22.9 Å². The monoisotopic (exact) mass is 722 g/mol. The number of carbonyl (C=O) groups is 5. The number of rotatable bonds is 22. The van der Waals surface area contributed by atoms with Gasteiger partial charge in [-0.1, -0.05) is 126 Å². The van der Waals surface area contributed by atoms with Crippen molar-refractivity contribution in [2.24, 2.45) is 0 Å². The number of hydrogen-bond acceptors (Lipinski definition) is 8. The van der Waals surface area contributed by atoms with Gasteiger partial charge in [0.1, 0.15) is 0 Å². The molecule has 1 fully saturated rings. The first-order valence-electron chi connectivity index (χ1n) is 18.4. The largest absolute Gasteiger partial charge is 0.433 e. The molecule has 51 heavy (non-hydrogen) atoms. The molecule has 2 aromatic carbocycles. The molecule has 11 nitrogen and oxygen atoms in total. The lowest BCUT2D eigenvalue weighted by Crippen LogP contribution is -2.53. The van der Waals surface area contributed by atoms with Crippen molar-refractivity contribution < 1.29 is 33.2 Å². The Morgan fingerprint density at radius 1 is 0.824 bits per heavy atom. The first-order chi connectivity index (χ1) is 24.5. The molecular weight excluding hydrogens is 672 g/mol. The number of ketones is 1. The number of nitrogens with zero attached hydrogens (tertiary/aromatic N) is 2. The minimum Gasteiger partial charge on any atom is -0.433 e. The second-order valence-electron chi connectivity index (χ2n) is 13.8. The standard InChI is InChI=1S/C39H51ClN4O7/c1-4-5-6-7-8-9-10-11-12-13-14-15-16-17-18-23-32(45)41-27-24-25-29(40)30(26-27)42-36(47)34(44-37(48)39(2,3)50-38(44)49)35(46)33-28-21-19-20-22-31(28)51-43-33/h19-22,24-26,34H,4-18,23H2,1-3H3,(H,41,45)(H,42,47). The van der Waals surface area contributed by atoms with Crippen molar-refractivity contribution in [1.29, 1.82) is 0 Å². The van der Waals surface area contributed by atoms with Crippen molar-refractivity contribution in [1.82, 2.24) is 10.1 Å². The van der Waals surface area contributed by atoms with E-state index in [1.165, 1.54) is 103 Å². The minimum absolute atomic E-state index is 0.0634. The number of unbranched alkanes of at least 4 members (excludes halogenated alkanes) is 14. The summed E-state index contributed by atoms with van der Waals surface area (Å²) in [4.78, 5) is 66.9. The third kappa shape index (κ3) is 11.1. The minimum atomic E-state index is -1.99. The highest BCUT2D eigenvalue weighted by Crippen LogP contribution is 2.31. The number of para-hydroxylation sites is 1. The van der Waals surface area contributed by atoms with Gasteiger partial charge in [-0.15, -0.1) is 0 Å². The number of amides is 4. The van der Waals surface area contributed by atoms with Crippen molar-refractivity contribution in [2.45, 2.75) is 135 Å². The molecule has 0 radical (unpaired) electrons. The summed E-state index contributed by atoms with van der Waals surface area (Å²) < 4.78 is 10.4. The molecule has 4 rings (SSSR count). The molecule has 3 aromatic rings. The number of nitrogens with one attached hydrogen (secondary N) is 2. The van der Waals surface area contributed by atoms with E-state index in [9.17, 15) is 24.0 Å². The van der Waals surface area contributed by atoms with Crippen LogP contribution < -0.4 is 10.6 Å². The van der Waals surface area contributed by atoms with Crippen LogP contribution in [0.3, 0.4) is 0 Å². The number of carbonyl (C=O) groups excluding carboxylic acids is 5. The quantitative estimate of drug-likeness (QED) is 0.0592. The Bertz CT molecular complexity index is 1670. The first kappa shape index (κ1) is 39.5. The van der Waals surface area contributed by atoms with Gasteiger partial charge in [-0.25, -0.2) is 9.69 Å². The maximum Gasteiger partial charge on any atom is 0.418 e. The van der Waals surface area contributed by atoms with E-state index >= 15 is 0 Å². The molecule has 1 aliphatic heterocycles. The molecule has 4 amide bonds. The number of cyclic esters (lactones) is 1. The highest BCUT2D eigenvalue weighted by molar-refractivity contribution is 6.34. The van der Waals surface area contributed by atoms with Crippen molar-refractivity contribution in [3.63, 3.8) is 0 Å². The fraction of sp³-hybridized carbons (Fsp3) is 0.538. The summed E-state index contributed by atoms with van der Waals surface area (Å²) >= 11 is 6.40. The molecule has 1 saturated heterocycles. The average molecular weight is 723 g/mol. The van der Waals surface area contributed by atoms with Crippen LogP contribution in [0.15, 0.2) is 47.0 Å². The van der Waals surface area contributed by atoms with Gasteiger partial charge in [0.2, 0.25) is 11.7 Å². The Morgan fingerprint density at radius 3 is 2.00 bits per heavy atom. The van der Waals surface area contributed by atoms with Gasteiger partial charge in [-0.2, -0.15) is 0 Å². The second-order valence-corrected chi connectivity index (χ2v) is 14.2. The number of halogens is 1. The van der Waals surface area contributed by atoms with E-state index in [1.807, 2.05) is 0 Å². The molecular formula is C39H51ClN4O7. The highest BCUT2D eigenvalue weighted by Gasteiger charge is 2.54. The fourth-order valence-electron chi connectivity index (χ4n) is 6.23. The third-order valence-corrected chi connectivity index (χ3v) is 9.48. The van der Waals surface area contributed by atoms with Crippen LogP contribution in [0.4, 0.5) is 16.2 Å². The van der Waals surface area contributed by atoms with Gasteiger partial charge >= 0.3 is 6.09 Å². The van der Waals surface area contributed by atoms with E-state index in [2.05, 4.69) is 22.7 Å². The summed E-state index contributed by atoms with van der Waals surface area (Å²) in [6, 6.07) is 9.05. The van der Waals surface area contributed by atoms with Crippen LogP contribution in [0.1, 0.15) is 134 Å². The molecule has 1 atom stereocenters. The lowest BCUT2D eigenvalue weighted by molar-refractivity contribution is -0.137. The van der Waals surface area contributed by atoms with Crippen LogP contribution in [0.25, 0.3) is 11.0 Å². The molecule has 276 valence electrons. The van der Waals surface area contributed by atoms with Crippen molar-refractivity contribution in [3.8, 4) is 0 Å². The maximum atomic E-state index is 13.8. The van der Waals surface area contributed by atoms with Crippen molar-refractivity contribution in [3.05, 3.63) is 53.2 Å². The molecule has 0 spiro atoms. The summed E-state index contributed by atoms with van der Waals surface area (Å²) in [5.74, 6) is -3.04. The van der Waals surface area contributed by atoms with Crippen LogP contribution in [-0.2, 0) is 19.1 Å². The molecule has 0 bridgehead atoms. The number of imide groups is 1. The molecule has 0 aliphatic carbocycles. The van der Waals surface area contributed by atoms with E-state index in [4.69, 9.17) is 20.9 Å². The van der Waals surface area contributed by atoms with Crippen molar-refractivity contribution >= 4 is 63.5 Å². The van der Waals surface area contributed by atoms with Gasteiger partial charge < -0.3 is 19.9 Å². The van der Waals surface area contributed by atoms with Gasteiger partial charge in [-0.3, -0.25) is 19.2 Å². The predicted octanol–water partition coefficient (Wildman–Crippen LogP) is 9.63. The molecule has 1 aromatic heterocycles. The molecule has 2 N–H and O–H groups in total. The van der Waals surface area contributed by atoms with Gasteiger partial charge in [-0.05, 0) is 50.6 Å². The number of aromatic nitrogens is 1. The summed E-state index contributed by atoms with van der Waals surface area (Å²) in [5.41, 5.74) is -1.11. The Hall–Kier alpha value is -4.25. The molecule has 0 saturated carbocycles. The Balaban J connectivity index is 1.27. The zero-order valence-corrected chi connectivity index (χ0v) is 30.8. The van der Waals surface area contributed by atoms with Crippen LogP contribution in [0, 0.1) is 0 Å². The number of hydrogen-bond donors (Lipinski definition) is 2. The zero-order chi connectivity index (χ0) is 36.8. The lowest BCUT2D eigenvalue weighted by atomic mass is 10.0. The molecule has 1 aliphatic rings. The topological polar surface area (TPSA) is 148 Å². The molecule has 12 heteroatoms. The van der Waals surface area contributed by atoms with E-state index in [1.54, 1.807) is 30.3 Å². The van der Waals surface area contributed by atoms with E-state index in [0.29, 0.717) is 22.4 Å². The predicted molar refractivity (Wildman–Crippen MR) is 198 cm³/mol. The number of anilines is 2. The third-order valence-electron chi connectivity index (χ3n) is 9.15. The Morgan fingerprint density at radius 2 is 1.41 bits per heavy atom. The summed E-state index contributed by atoms with van der Waals surface area (Å²) in [5, 5.41) is 9.63. The maximum absolute atomic E-state index is 13.8. The average Bonchev–Trinajstić information content (AvgIpc) is 3.61. The normalized spacial score (nSPS) is 14.5. The van der Waals surface area contributed by atoms with E-state index < -0.39 is 35.3 Å². The fourth-order valence-corrected chi connectivity index (χ4v) is 6.40. The van der Waals surface area contributed by atoms with Gasteiger partial charge in [0, 0.05) is 12.1 Å². The smallest absolute Gasteiger partial charge is 0.418 e. The first-order valence-corrected chi connectivity index (χ1v) is 18.8. The van der Waals surface area contributed by atoms with Crippen LogP contribution in [0.5, 0.6) is 0 Å². The Kier molecular flexibility index (Phi) is 15.0. The summed E-state index contributed by atoms with van der Waals surface area (Å²) in [6.45, 7) is 4.97. The summed E-state index contributed by atoms with van der Waals surface area (Å²) in [7, 11) is 0. The number of fused-ring (bicyclic) bond motifs is 1. The Labute approximate surface area is 305 Å². The van der Waals surface area contributed by atoms with Gasteiger partial charge in [0.05, 0.1) is 16.1 Å².